The monoisotopic (exact) mass is 570 g/mol. The summed E-state index contributed by atoms with van der Waals surface area (Å²) < 4.78 is 0. The van der Waals surface area contributed by atoms with Crippen LogP contribution in [0.25, 0.3) is 0 Å². The van der Waals surface area contributed by atoms with E-state index in [9.17, 15) is 14.9 Å². The van der Waals surface area contributed by atoms with Crippen LogP contribution in [0.5, 0.6) is 0 Å². The van der Waals surface area contributed by atoms with Crippen molar-refractivity contribution in [3.8, 4) is 6.07 Å². The molecule has 1 N–H and O–H groups in total. The maximum absolute atomic E-state index is 12.5. The van der Waals surface area contributed by atoms with Crippen molar-refractivity contribution < 1.29 is 9.59 Å². The summed E-state index contributed by atoms with van der Waals surface area (Å²) in [7, 11) is 3.54. The minimum absolute atomic E-state index is 0.101. The molecule has 42 heavy (non-hydrogen) atoms. The molecule has 0 bridgehead atoms. The quantitative estimate of drug-likeness (QED) is 0.362. The zero-order valence-electron chi connectivity index (χ0n) is 24.9. The lowest BCUT2D eigenvalue weighted by molar-refractivity contribution is -0.129. The molecule has 3 heterocycles. The van der Waals surface area contributed by atoms with Crippen LogP contribution in [0, 0.1) is 11.3 Å². The molecule has 2 aromatic rings. The molecule has 0 spiro atoms. The number of rotatable bonds is 9. The molecule has 5 rings (SSSR count). The van der Waals surface area contributed by atoms with E-state index in [0.29, 0.717) is 51.0 Å². The molecule has 10 nitrogen and oxygen atoms in total. The van der Waals surface area contributed by atoms with E-state index in [1.807, 2.05) is 0 Å². The van der Waals surface area contributed by atoms with Gasteiger partial charge in [-0.1, -0.05) is 24.8 Å². The van der Waals surface area contributed by atoms with Crippen LogP contribution < -0.4 is 15.1 Å². The van der Waals surface area contributed by atoms with Crippen LogP contribution in [0.1, 0.15) is 48.9 Å². The Morgan fingerprint density at radius 3 is 2.81 bits per heavy atom. The second kappa shape index (κ2) is 13.2. The van der Waals surface area contributed by atoms with Gasteiger partial charge < -0.3 is 24.9 Å². The molecular formula is C32H42N8O2. The van der Waals surface area contributed by atoms with Gasteiger partial charge in [0.2, 0.25) is 17.8 Å². The number of fused-ring (bicyclic) bond motifs is 2. The van der Waals surface area contributed by atoms with Gasteiger partial charge in [-0.25, -0.2) is 4.98 Å². The number of benzene rings is 1. The van der Waals surface area contributed by atoms with Gasteiger partial charge in [-0.05, 0) is 49.8 Å². The standard InChI is InChI=1S/C32H42N8O2/c1-4-29(41)40-20-19-38(22-25(40)15-16-33)31-26-14-13-24(39-18-8-10-23-9-5-6-11-28(23)39)21-27(26)35-32(36-31)34-17-7-12-30(42)37(2)3/h4-6,9,11,24-25H,1,7-8,10,12-15,17-22H2,2-3H3,(H,34,35,36)/t24?,25-/m0/s1. The summed E-state index contributed by atoms with van der Waals surface area (Å²) >= 11 is 0. The summed E-state index contributed by atoms with van der Waals surface area (Å²) in [5.41, 5.74) is 5.00. The zero-order chi connectivity index (χ0) is 29.6. The highest BCUT2D eigenvalue weighted by molar-refractivity contribution is 5.87. The Labute approximate surface area is 249 Å². The van der Waals surface area contributed by atoms with E-state index >= 15 is 0 Å². The molecular weight excluding hydrogens is 528 g/mol. The number of aromatic nitrogens is 2. The predicted octanol–water partition coefficient (Wildman–Crippen LogP) is 3.18. The summed E-state index contributed by atoms with van der Waals surface area (Å²) in [5.74, 6) is 1.43. The Balaban J connectivity index is 1.41. The maximum Gasteiger partial charge on any atom is 0.246 e. The molecule has 1 saturated heterocycles. The van der Waals surface area contributed by atoms with Crippen molar-refractivity contribution in [1.82, 2.24) is 19.8 Å². The van der Waals surface area contributed by atoms with Crippen molar-refractivity contribution in [3.05, 3.63) is 53.7 Å². The van der Waals surface area contributed by atoms with E-state index in [-0.39, 0.29) is 24.3 Å². The molecule has 0 saturated carbocycles. The first-order valence-electron chi connectivity index (χ1n) is 15.1. The largest absolute Gasteiger partial charge is 0.368 e. The Morgan fingerprint density at radius 1 is 1.19 bits per heavy atom. The van der Waals surface area contributed by atoms with E-state index in [0.717, 1.165) is 50.2 Å². The number of nitriles is 1. The van der Waals surface area contributed by atoms with Crippen molar-refractivity contribution in [3.63, 3.8) is 0 Å². The number of aryl methyl sites for hydroxylation is 1. The third-order valence-corrected chi connectivity index (χ3v) is 8.73. The number of amides is 2. The van der Waals surface area contributed by atoms with Crippen LogP contribution in [-0.4, -0.2) is 90.5 Å². The molecule has 1 aromatic heterocycles. The Morgan fingerprint density at radius 2 is 2.02 bits per heavy atom. The normalized spacial score (nSPS) is 19.8. The lowest BCUT2D eigenvalue weighted by atomic mass is 9.88. The van der Waals surface area contributed by atoms with Crippen LogP contribution in [0.3, 0.4) is 0 Å². The zero-order valence-corrected chi connectivity index (χ0v) is 24.9. The first kappa shape index (κ1) is 29.4. The first-order chi connectivity index (χ1) is 20.4. The molecule has 1 aliphatic carbocycles. The average molecular weight is 571 g/mol. The molecule has 1 aromatic carbocycles. The molecule has 2 atom stereocenters. The molecule has 10 heteroatoms. The second-order valence-corrected chi connectivity index (χ2v) is 11.6. The number of carbonyl (C=O) groups is 2. The van der Waals surface area contributed by atoms with E-state index in [1.165, 1.54) is 22.9 Å². The molecule has 2 aliphatic heterocycles. The third-order valence-electron chi connectivity index (χ3n) is 8.73. The Kier molecular flexibility index (Phi) is 9.25. The van der Waals surface area contributed by atoms with Gasteiger partial charge in [0.25, 0.3) is 0 Å². The van der Waals surface area contributed by atoms with E-state index in [1.54, 1.807) is 23.9 Å². The van der Waals surface area contributed by atoms with Crippen molar-refractivity contribution in [2.75, 3.05) is 61.9 Å². The fourth-order valence-corrected chi connectivity index (χ4v) is 6.53. The van der Waals surface area contributed by atoms with Crippen molar-refractivity contribution >= 4 is 29.3 Å². The summed E-state index contributed by atoms with van der Waals surface area (Å²) in [4.78, 5) is 42.8. The van der Waals surface area contributed by atoms with Gasteiger partial charge in [-0.3, -0.25) is 9.59 Å². The van der Waals surface area contributed by atoms with Crippen molar-refractivity contribution in [2.45, 2.75) is 63.5 Å². The smallest absolute Gasteiger partial charge is 0.246 e. The fourth-order valence-electron chi connectivity index (χ4n) is 6.53. The molecule has 222 valence electrons. The fraction of sp³-hybridized carbons (Fsp3) is 0.531. The van der Waals surface area contributed by atoms with Gasteiger partial charge in [-0.15, -0.1) is 0 Å². The number of anilines is 3. The highest BCUT2D eigenvalue weighted by atomic mass is 16.2. The number of nitrogens with one attached hydrogen (secondary N) is 1. The highest BCUT2D eigenvalue weighted by Crippen LogP contribution is 2.36. The number of hydrogen-bond acceptors (Lipinski definition) is 8. The van der Waals surface area contributed by atoms with Crippen LogP contribution in [0.4, 0.5) is 17.5 Å². The average Bonchev–Trinajstić information content (AvgIpc) is 3.01. The van der Waals surface area contributed by atoms with Gasteiger partial charge in [0.05, 0.1) is 24.2 Å². The van der Waals surface area contributed by atoms with Crippen LogP contribution in [0.15, 0.2) is 36.9 Å². The molecule has 1 fully saturated rings. The molecule has 1 unspecified atom stereocenters. The number of piperazine rings is 1. The van der Waals surface area contributed by atoms with Gasteiger partial charge in [-0.2, -0.15) is 10.2 Å². The second-order valence-electron chi connectivity index (χ2n) is 11.6. The number of carbonyl (C=O) groups excluding carboxylic acids is 2. The maximum atomic E-state index is 12.5. The summed E-state index contributed by atoms with van der Waals surface area (Å²) in [6.45, 7) is 6.98. The number of para-hydroxylation sites is 1. The van der Waals surface area contributed by atoms with Crippen molar-refractivity contribution in [2.24, 2.45) is 0 Å². The van der Waals surface area contributed by atoms with Gasteiger partial charge in [0.15, 0.2) is 0 Å². The number of hydrogen-bond donors (Lipinski definition) is 1. The summed E-state index contributed by atoms with van der Waals surface area (Å²) in [6.07, 6.45) is 7.74. The molecule has 2 amide bonds. The topological polar surface area (TPSA) is 109 Å². The van der Waals surface area contributed by atoms with Crippen LogP contribution in [-0.2, 0) is 28.9 Å². The summed E-state index contributed by atoms with van der Waals surface area (Å²) in [5, 5.41) is 12.9. The Bertz CT molecular complexity index is 1350. The number of nitrogens with zero attached hydrogens (tertiary/aromatic N) is 7. The van der Waals surface area contributed by atoms with Gasteiger partial charge in [0, 0.05) is 77.0 Å². The minimum atomic E-state index is -0.227. The molecule has 0 radical (unpaired) electrons. The molecule has 3 aliphatic rings. The van der Waals surface area contributed by atoms with E-state index in [2.05, 4.69) is 52.0 Å². The van der Waals surface area contributed by atoms with Crippen LogP contribution >= 0.6 is 0 Å². The lowest BCUT2D eigenvalue weighted by Gasteiger charge is -2.43. The highest BCUT2D eigenvalue weighted by Gasteiger charge is 2.35. The van der Waals surface area contributed by atoms with Gasteiger partial charge >= 0.3 is 0 Å². The summed E-state index contributed by atoms with van der Waals surface area (Å²) in [6, 6.07) is 11.1. The Hall–Kier alpha value is -4.13. The van der Waals surface area contributed by atoms with Crippen LogP contribution in [0.2, 0.25) is 0 Å². The minimum Gasteiger partial charge on any atom is -0.368 e. The lowest BCUT2D eigenvalue weighted by Crippen LogP contribution is -2.55. The SMILES string of the molecule is C=CC(=O)N1CCN(c2nc(NCCCC(=O)N(C)C)nc3c2CCC(N2CCCc4ccccc42)C3)C[C@@H]1CC#N. The van der Waals surface area contributed by atoms with Crippen molar-refractivity contribution in [1.29, 1.82) is 5.26 Å². The third kappa shape index (κ3) is 6.35. The van der Waals surface area contributed by atoms with E-state index < -0.39 is 0 Å². The van der Waals surface area contributed by atoms with E-state index in [4.69, 9.17) is 9.97 Å². The first-order valence-corrected chi connectivity index (χ1v) is 15.1. The van der Waals surface area contributed by atoms with Gasteiger partial charge in [0.1, 0.15) is 5.82 Å². The predicted molar refractivity (Wildman–Crippen MR) is 165 cm³/mol.